The summed E-state index contributed by atoms with van der Waals surface area (Å²) >= 11 is 0. The number of hydrogen-bond acceptors (Lipinski definition) is 5. The van der Waals surface area contributed by atoms with E-state index in [9.17, 15) is 5.11 Å². The van der Waals surface area contributed by atoms with Crippen LogP contribution in [0.1, 0.15) is 18.9 Å². The quantitative estimate of drug-likeness (QED) is 0.750. The van der Waals surface area contributed by atoms with Gasteiger partial charge in [0.25, 0.3) is 0 Å². The van der Waals surface area contributed by atoms with Crippen LogP contribution in [-0.2, 0) is 6.54 Å². The van der Waals surface area contributed by atoms with Gasteiger partial charge in [-0.1, -0.05) is 13.0 Å². The van der Waals surface area contributed by atoms with Crippen LogP contribution in [0.25, 0.3) is 0 Å². The Morgan fingerprint density at radius 1 is 1.11 bits per heavy atom. The number of ether oxygens (including phenoxy) is 3. The van der Waals surface area contributed by atoms with Gasteiger partial charge >= 0.3 is 0 Å². The van der Waals surface area contributed by atoms with Crippen LogP contribution in [0.4, 0.5) is 0 Å². The highest BCUT2D eigenvalue weighted by Gasteiger charge is 2.16. The Labute approximate surface area is 114 Å². The largest absolute Gasteiger partial charge is 0.493 e. The van der Waals surface area contributed by atoms with E-state index in [2.05, 4.69) is 5.32 Å². The lowest BCUT2D eigenvalue weighted by molar-refractivity contribution is 0.237. The Morgan fingerprint density at radius 2 is 1.79 bits per heavy atom. The van der Waals surface area contributed by atoms with Crippen molar-refractivity contribution in [3.8, 4) is 17.2 Å². The second-order valence-corrected chi connectivity index (χ2v) is 4.16. The van der Waals surface area contributed by atoms with Crippen LogP contribution >= 0.6 is 0 Å². The van der Waals surface area contributed by atoms with E-state index in [1.165, 1.54) is 0 Å². The number of rotatable bonds is 8. The standard InChI is InChI=1S/C14H23NO4/c1-5-11(9-16)15-8-10-6-7-12(17-2)14(19-4)13(10)18-3/h6-7,11,15-16H,5,8-9H2,1-4H3/t11-/m0/s1. The minimum Gasteiger partial charge on any atom is -0.493 e. The fourth-order valence-electron chi connectivity index (χ4n) is 1.89. The summed E-state index contributed by atoms with van der Waals surface area (Å²) in [5, 5.41) is 12.4. The Balaban J connectivity index is 2.94. The van der Waals surface area contributed by atoms with E-state index >= 15 is 0 Å². The zero-order valence-electron chi connectivity index (χ0n) is 12.0. The lowest BCUT2D eigenvalue weighted by Crippen LogP contribution is -2.31. The van der Waals surface area contributed by atoms with E-state index in [1.54, 1.807) is 21.3 Å². The summed E-state index contributed by atoms with van der Waals surface area (Å²) in [5.74, 6) is 1.88. The van der Waals surface area contributed by atoms with Gasteiger partial charge in [-0.15, -0.1) is 0 Å². The lowest BCUT2D eigenvalue weighted by atomic mass is 10.1. The maximum atomic E-state index is 9.18. The van der Waals surface area contributed by atoms with Gasteiger partial charge in [-0.3, -0.25) is 0 Å². The van der Waals surface area contributed by atoms with Crippen molar-refractivity contribution >= 4 is 0 Å². The molecule has 0 unspecified atom stereocenters. The molecule has 0 aliphatic carbocycles. The zero-order chi connectivity index (χ0) is 14.3. The molecular weight excluding hydrogens is 246 g/mol. The average Bonchev–Trinajstić information content (AvgIpc) is 2.47. The average molecular weight is 269 g/mol. The Hall–Kier alpha value is -1.46. The number of aliphatic hydroxyl groups excluding tert-OH is 1. The molecule has 108 valence electrons. The smallest absolute Gasteiger partial charge is 0.203 e. The molecule has 5 heteroatoms. The number of nitrogens with one attached hydrogen (secondary N) is 1. The van der Waals surface area contributed by atoms with Crippen molar-refractivity contribution in [2.75, 3.05) is 27.9 Å². The molecule has 1 aromatic rings. The van der Waals surface area contributed by atoms with Gasteiger partial charge < -0.3 is 24.6 Å². The normalized spacial score (nSPS) is 12.1. The molecule has 0 fully saturated rings. The number of methoxy groups -OCH3 is 3. The Bertz CT molecular complexity index is 391. The van der Waals surface area contributed by atoms with E-state index in [4.69, 9.17) is 14.2 Å². The van der Waals surface area contributed by atoms with Crippen molar-refractivity contribution in [3.05, 3.63) is 17.7 Å². The van der Waals surface area contributed by atoms with Crippen molar-refractivity contribution in [2.24, 2.45) is 0 Å². The van der Waals surface area contributed by atoms with Gasteiger partial charge in [-0.25, -0.2) is 0 Å². The van der Waals surface area contributed by atoms with Crippen LogP contribution in [0.2, 0.25) is 0 Å². The summed E-state index contributed by atoms with van der Waals surface area (Å²) in [5.41, 5.74) is 0.965. The molecule has 0 spiro atoms. The van der Waals surface area contributed by atoms with Crippen LogP contribution in [0, 0.1) is 0 Å². The molecule has 5 nitrogen and oxygen atoms in total. The van der Waals surface area contributed by atoms with Gasteiger partial charge in [0, 0.05) is 18.2 Å². The second-order valence-electron chi connectivity index (χ2n) is 4.16. The van der Waals surface area contributed by atoms with Gasteiger partial charge in [0.15, 0.2) is 11.5 Å². The van der Waals surface area contributed by atoms with Crippen LogP contribution < -0.4 is 19.5 Å². The van der Waals surface area contributed by atoms with Gasteiger partial charge in [-0.2, -0.15) is 0 Å². The molecule has 0 aliphatic rings. The van der Waals surface area contributed by atoms with Gasteiger partial charge in [0.1, 0.15) is 0 Å². The van der Waals surface area contributed by atoms with Crippen LogP contribution in [-0.4, -0.2) is 39.1 Å². The highest BCUT2D eigenvalue weighted by atomic mass is 16.5. The summed E-state index contributed by atoms with van der Waals surface area (Å²) in [6.45, 7) is 2.74. The summed E-state index contributed by atoms with van der Waals surface area (Å²) in [4.78, 5) is 0. The molecule has 0 saturated heterocycles. The number of benzene rings is 1. The van der Waals surface area contributed by atoms with Crippen molar-refractivity contribution in [2.45, 2.75) is 25.9 Å². The van der Waals surface area contributed by atoms with Crippen LogP contribution in [0.15, 0.2) is 12.1 Å². The van der Waals surface area contributed by atoms with Crippen molar-refractivity contribution in [1.29, 1.82) is 0 Å². The number of hydrogen-bond donors (Lipinski definition) is 2. The lowest BCUT2D eigenvalue weighted by Gasteiger charge is -2.18. The molecule has 0 aromatic heterocycles. The van der Waals surface area contributed by atoms with Gasteiger partial charge in [-0.05, 0) is 12.5 Å². The molecule has 0 bridgehead atoms. The molecule has 0 radical (unpaired) electrons. The summed E-state index contributed by atoms with van der Waals surface area (Å²) in [6, 6.07) is 3.85. The maximum absolute atomic E-state index is 9.18. The first-order valence-corrected chi connectivity index (χ1v) is 6.33. The third-order valence-electron chi connectivity index (χ3n) is 3.08. The minimum atomic E-state index is 0.0813. The predicted octanol–water partition coefficient (Wildman–Crippen LogP) is 1.57. The highest BCUT2D eigenvalue weighted by molar-refractivity contribution is 5.55. The van der Waals surface area contributed by atoms with Crippen LogP contribution in [0.5, 0.6) is 17.2 Å². The molecular formula is C14H23NO4. The zero-order valence-corrected chi connectivity index (χ0v) is 12.0. The SMILES string of the molecule is CC[C@@H](CO)NCc1ccc(OC)c(OC)c1OC. The van der Waals surface area contributed by atoms with Crippen molar-refractivity contribution < 1.29 is 19.3 Å². The molecule has 2 N–H and O–H groups in total. The third-order valence-corrected chi connectivity index (χ3v) is 3.08. The topological polar surface area (TPSA) is 60.0 Å². The molecule has 0 heterocycles. The molecule has 19 heavy (non-hydrogen) atoms. The van der Waals surface area contributed by atoms with E-state index in [-0.39, 0.29) is 12.6 Å². The first kappa shape index (κ1) is 15.6. The second kappa shape index (κ2) is 7.86. The monoisotopic (exact) mass is 269 g/mol. The van der Waals surface area contributed by atoms with Crippen LogP contribution in [0.3, 0.4) is 0 Å². The molecule has 0 saturated carbocycles. The summed E-state index contributed by atoms with van der Waals surface area (Å²) < 4.78 is 16.0. The Kier molecular flexibility index (Phi) is 6.45. The molecule has 0 amide bonds. The fourth-order valence-corrected chi connectivity index (χ4v) is 1.89. The maximum Gasteiger partial charge on any atom is 0.203 e. The fraction of sp³-hybridized carbons (Fsp3) is 0.571. The van der Waals surface area contributed by atoms with E-state index in [1.807, 2.05) is 19.1 Å². The summed E-state index contributed by atoms with van der Waals surface area (Å²) in [6.07, 6.45) is 0.867. The van der Waals surface area contributed by atoms with Crippen molar-refractivity contribution in [3.63, 3.8) is 0 Å². The molecule has 1 aromatic carbocycles. The Morgan fingerprint density at radius 3 is 2.26 bits per heavy atom. The van der Waals surface area contributed by atoms with E-state index < -0.39 is 0 Å². The molecule has 1 rings (SSSR count). The van der Waals surface area contributed by atoms with Crippen molar-refractivity contribution in [1.82, 2.24) is 5.32 Å². The summed E-state index contributed by atoms with van der Waals surface area (Å²) in [7, 11) is 4.78. The minimum absolute atomic E-state index is 0.0813. The van der Waals surface area contributed by atoms with E-state index in [0.717, 1.165) is 12.0 Å². The van der Waals surface area contributed by atoms with Gasteiger partial charge in [0.2, 0.25) is 5.75 Å². The molecule has 1 atom stereocenters. The predicted molar refractivity (Wildman–Crippen MR) is 74.1 cm³/mol. The first-order valence-electron chi connectivity index (χ1n) is 6.33. The number of aliphatic hydroxyl groups is 1. The van der Waals surface area contributed by atoms with Gasteiger partial charge in [0.05, 0.1) is 27.9 Å². The highest BCUT2D eigenvalue weighted by Crippen LogP contribution is 2.39. The first-order chi connectivity index (χ1) is 9.21. The molecule has 0 aliphatic heterocycles. The third kappa shape index (κ3) is 3.75. The van der Waals surface area contributed by atoms with E-state index in [0.29, 0.717) is 23.8 Å².